The summed E-state index contributed by atoms with van der Waals surface area (Å²) in [6.07, 6.45) is 6.82. The summed E-state index contributed by atoms with van der Waals surface area (Å²) in [6.45, 7) is 8.11. The van der Waals surface area contributed by atoms with E-state index < -0.39 is 0 Å². The predicted octanol–water partition coefficient (Wildman–Crippen LogP) is 4.97. The van der Waals surface area contributed by atoms with Crippen LogP contribution in [0.5, 0.6) is 0 Å². The fourth-order valence-corrected chi connectivity index (χ4v) is 4.36. The lowest BCUT2D eigenvalue weighted by atomic mass is 9.98. The summed E-state index contributed by atoms with van der Waals surface area (Å²) < 4.78 is 0. The topological polar surface area (TPSA) is 45.0 Å². The van der Waals surface area contributed by atoms with Crippen LogP contribution in [0.4, 0.5) is 0 Å². The number of nitrogens with two attached hydrogens (primary N) is 1. The number of hydrogen-bond acceptors (Lipinski definition) is 2. The van der Waals surface area contributed by atoms with Gasteiger partial charge in [-0.05, 0) is 73.3 Å². The molecule has 0 spiro atoms. The van der Waals surface area contributed by atoms with Crippen molar-refractivity contribution in [3.63, 3.8) is 0 Å². The highest BCUT2D eigenvalue weighted by Gasteiger charge is 2.16. The summed E-state index contributed by atoms with van der Waals surface area (Å²) in [7, 11) is 0. The van der Waals surface area contributed by atoms with Gasteiger partial charge < -0.3 is 10.7 Å². The average molecular weight is 360 g/mol. The van der Waals surface area contributed by atoms with E-state index >= 15 is 0 Å². The number of hydrogen-bond donors (Lipinski definition) is 2. The van der Waals surface area contributed by atoms with Crippen molar-refractivity contribution in [2.24, 2.45) is 5.73 Å². The van der Waals surface area contributed by atoms with Crippen molar-refractivity contribution in [3.05, 3.63) is 65.7 Å². The summed E-state index contributed by atoms with van der Waals surface area (Å²) in [6, 6.07) is 15.3. The fourth-order valence-electron chi connectivity index (χ4n) is 4.36. The first-order valence-electron chi connectivity index (χ1n) is 10.1. The molecule has 4 rings (SSSR count). The molecule has 3 aromatic rings. The van der Waals surface area contributed by atoms with Gasteiger partial charge in [-0.2, -0.15) is 0 Å². The lowest BCUT2D eigenvalue weighted by Crippen LogP contribution is -2.29. The van der Waals surface area contributed by atoms with E-state index in [0.717, 1.165) is 18.5 Å². The van der Waals surface area contributed by atoms with Gasteiger partial charge in [-0.15, -0.1) is 0 Å². The van der Waals surface area contributed by atoms with Gasteiger partial charge in [0.2, 0.25) is 0 Å². The Bertz CT molecular complexity index is 932. The first kappa shape index (κ1) is 18.0. The molecule has 27 heavy (non-hydrogen) atoms. The number of aromatic amines is 1. The average Bonchev–Trinajstić information content (AvgIpc) is 3.08. The Morgan fingerprint density at radius 1 is 1.07 bits per heavy atom. The maximum atomic E-state index is 5.96. The van der Waals surface area contributed by atoms with Crippen LogP contribution in [-0.2, 0) is 13.0 Å². The van der Waals surface area contributed by atoms with Crippen LogP contribution in [0.2, 0.25) is 0 Å². The van der Waals surface area contributed by atoms with Gasteiger partial charge >= 0.3 is 0 Å². The Labute approximate surface area is 161 Å². The van der Waals surface area contributed by atoms with Gasteiger partial charge in [0.25, 0.3) is 0 Å². The van der Waals surface area contributed by atoms with Crippen LogP contribution in [0.15, 0.2) is 49.0 Å². The molecule has 3 nitrogen and oxygen atoms in total. The highest BCUT2D eigenvalue weighted by atomic mass is 15.1. The highest BCUT2D eigenvalue weighted by molar-refractivity contribution is 5.96. The number of nitrogens with one attached hydrogen (secondary N) is 1. The molecule has 2 heterocycles. The third kappa shape index (κ3) is 3.71. The van der Waals surface area contributed by atoms with Gasteiger partial charge in [0.05, 0.1) is 0 Å². The number of rotatable bonds is 6. The number of piperidine rings is 1. The Balaban J connectivity index is 1.74. The van der Waals surface area contributed by atoms with Gasteiger partial charge in [-0.3, -0.25) is 4.90 Å². The molecule has 3 N–H and O–H groups in total. The SMILES string of the molecule is C=Cc1cccc2[nH]c(-c3cccc(CN4CCCCC4)c3)c(CCN)c12. The number of fused-ring (bicyclic) bond motifs is 1. The monoisotopic (exact) mass is 359 g/mol. The molecular weight excluding hydrogens is 330 g/mol. The molecule has 1 saturated heterocycles. The second-order valence-electron chi connectivity index (χ2n) is 7.53. The van der Waals surface area contributed by atoms with Gasteiger partial charge in [0.15, 0.2) is 0 Å². The quantitative estimate of drug-likeness (QED) is 0.653. The molecule has 0 saturated carbocycles. The first-order valence-corrected chi connectivity index (χ1v) is 10.1. The summed E-state index contributed by atoms with van der Waals surface area (Å²) >= 11 is 0. The third-order valence-corrected chi connectivity index (χ3v) is 5.64. The molecule has 0 amide bonds. The number of nitrogens with zero attached hydrogens (tertiary/aromatic N) is 1. The molecule has 2 aromatic carbocycles. The third-order valence-electron chi connectivity index (χ3n) is 5.64. The van der Waals surface area contributed by atoms with E-state index in [1.807, 2.05) is 6.08 Å². The molecule has 1 aromatic heterocycles. The molecule has 0 atom stereocenters. The molecule has 0 aliphatic carbocycles. The Hall–Kier alpha value is -2.36. The van der Waals surface area contributed by atoms with E-state index in [0.29, 0.717) is 6.54 Å². The maximum absolute atomic E-state index is 5.96. The van der Waals surface area contributed by atoms with E-state index in [1.165, 1.54) is 65.7 Å². The van der Waals surface area contributed by atoms with Crippen molar-refractivity contribution in [1.29, 1.82) is 0 Å². The maximum Gasteiger partial charge on any atom is 0.0498 e. The largest absolute Gasteiger partial charge is 0.354 e. The summed E-state index contributed by atoms with van der Waals surface area (Å²) in [5.41, 5.74) is 13.4. The van der Waals surface area contributed by atoms with Gasteiger partial charge in [-0.1, -0.05) is 49.4 Å². The summed E-state index contributed by atoms with van der Waals surface area (Å²) in [4.78, 5) is 6.23. The zero-order chi connectivity index (χ0) is 18.6. The van der Waals surface area contributed by atoms with Crippen molar-refractivity contribution in [2.45, 2.75) is 32.2 Å². The molecule has 0 radical (unpaired) electrons. The van der Waals surface area contributed by atoms with Crippen molar-refractivity contribution < 1.29 is 0 Å². The molecule has 1 fully saturated rings. The smallest absolute Gasteiger partial charge is 0.0498 e. The van der Waals surface area contributed by atoms with E-state index in [9.17, 15) is 0 Å². The van der Waals surface area contributed by atoms with E-state index in [1.54, 1.807) is 0 Å². The van der Waals surface area contributed by atoms with Crippen molar-refractivity contribution in [3.8, 4) is 11.3 Å². The minimum absolute atomic E-state index is 0.638. The molecule has 1 aliphatic rings. The fraction of sp³-hybridized carbons (Fsp3) is 0.333. The molecule has 140 valence electrons. The van der Waals surface area contributed by atoms with Crippen molar-refractivity contribution in [1.82, 2.24) is 9.88 Å². The highest BCUT2D eigenvalue weighted by Crippen LogP contribution is 2.33. The molecule has 1 aliphatic heterocycles. The van der Waals surface area contributed by atoms with E-state index in [4.69, 9.17) is 5.73 Å². The van der Waals surface area contributed by atoms with Crippen LogP contribution < -0.4 is 5.73 Å². The minimum atomic E-state index is 0.638. The van der Waals surface area contributed by atoms with E-state index in [2.05, 4.69) is 58.9 Å². The zero-order valence-corrected chi connectivity index (χ0v) is 16.0. The number of likely N-dealkylation sites (tertiary alicyclic amines) is 1. The second-order valence-corrected chi connectivity index (χ2v) is 7.53. The second kappa shape index (κ2) is 8.12. The van der Waals surface area contributed by atoms with Gasteiger partial charge in [-0.25, -0.2) is 0 Å². The normalized spacial score (nSPS) is 15.3. The van der Waals surface area contributed by atoms with Crippen LogP contribution in [0.3, 0.4) is 0 Å². The zero-order valence-electron chi connectivity index (χ0n) is 16.0. The lowest BCUT2D eigenvalue weighted by Gasteiger charge is -2.26. The van der Waals surface area contributed by atoms with E-state index in [-0.39, 0.29) is 0 Å². The van der Waals surface area contributed by atoms with Crippen LogP contribution in [0.25, 0.3) is 28.2 Å². The summed E-state index contributed by atoms with van der Waals surface area (Å²) in [5, 5.41) is 1.26. The Kier molecular flexibility index (Phi) is 5.42. The predicted molar refractivity (Wildman–Crippen MR) is 116 cm³/mol. The minimum Gasteiger partial charge on any atom is -0.354 e. The molecule has 3 heteroatoms. The van der Waals surface area contributed by atoms with Crippen molar-refractivity contribution >= 4 is 17.0 Å². The summed E-state index contributed by atoms with van der Waals surface area (Å²) in [5.74, 6) is 0. The van der Waals surface area contributed by atoms with Crippen LogP contribution >= 0.6 is 0 Å². The van der Waals surface area contributed by atoms with Gasteiger partial charge in [0.1, 0.15) is 0 Å². The van der Waals surface area contributed by atoms with Crippen LogP contribution in [0, 0.1) is 0 Å². The molecule has 0 unspecified atom stereocenters. The van der Waals surface area contributed by atoms with Crippen LogP contribution in [-0.4, -0.2) is 29.5 Å². The lowest BCUT2D eigenvalue weighted by molar-refractivity contribution is 0.221. The van der Waals surface area contributed by atoms with Crippen molar-refractivity contribution in [2.75, 3.05) is 19.6 Å². The van der Waals surface area contributed by atoms with Crippen LogP contribution in [0.1, 0.15) is 36.0 Å². The van der Waals surface area contributed by atoms with Gasteiger partial charge in [0, 0.05) is 23.1 Å². The number of H-pyrrole nitrogens is 1. The number of benzene rings is 2. The Morgan fingerprint density at radius 2 is 1.89 bits per heavy atom. The molecular formula is C24H29N3. The standard InChI is InChI=1S/C24H29N3/c1-2-19-9-7-11-22-23(19)21(12-13-25)24(26-22)20-10-6-8-18(16-20)17-27-14-4-3-5-15-27/h2,6-11,16,26H,1,3-5,12-15,17,25H2. The number of aromatic nitrogens is 1. The Morgan fingerprint density at radius 3 is 2.67 bits per heavy atom. The molecule has 0 bridgehead atoms. The first-order chi connectivity index (χ1) is 13.3.